The minimum Gasteiger partial charge on any atom is -0.461 e. The molecule has 4 atom stereocenters. The van der Waals surface area contributed by atoms with Gasteiger partial charge >= 0.3 is 11.9 Å². The first-order valence-electron chi connectivity index (χ1n) is 10.1. The molecule has 2 aliphatic carbocycles. The Morgan fingerprint density at radius 2 is 1.67 bits per heavy atom. The molecule has 0 N–H and O–H groups in total. The lowest BCUT2D eigenvalue weighted by Gasteiger charge is -2.42. The van der Waals surface area contributed by atoms with Crippen LogP contribution in [0.15, 0.2) is 65.8 Å². The van der Waals surface area contributed by atoms with Gasteiger partial charge in [-0.3, -0.25) is 0 Å². The van der Waals surface area contributed by atoms with Gasteiger partial charge in [0.25, 0.3) is 0 Å². The molecular weight excluding hydrogens is 382 g/mol. The Morgan fingerprint density at radius 1 is 1.03 bits per heavy atom. The summed E-state index contributed by atoms with van der Waals surface area (Å²) in [6.45, 7) is 0.126. The van der Waals surface area contributed by atoms with E-state index in [4.69, 9.17) is 15.0 Å². The minimum atomic E-state index is -0.545. The van der Waals surface area contributed by atoms with Gasteiger partial charge in [-0.25, -0.2) is 9.59 Å². The zero-order chi connectivity index (χ0) is 21.0. The summed E-state index contributed by atoms with van der Waals surface area (Å²) in [4.78, 5) is 28.2. The summed E-state index contributed by atoms with van der Waals surface area (Å²) in [7, 11) is 0. The van der Waals surface area contributed by atoms with Crippen molar-refractivity contribution in [1.82, 2.24) is 0 Å². The number of hydrogen-bond acceptors (Lipinski definition) is 5. The van der Waals surface area contributed by atoms with Gasteiger partial charge in [0.05, 0.1) is 11.1 Å². The van der Waals surface area contributed by atoms with Crippen LogP contribution in [0.25, 0.3) is 10.4 Å². The monoisotopic (exact) mass is 405 g/mol. The Hall–Kier alpha value is -3.31. The Morgan fingerprint density at radius 3 is 2.30 bits per heavy atom. The molecular formula is C23H23N3O4. The highest BCUT2D eigenvalue weighted by Crippen LogP contribution is 2.54. The van der Waals surface area contributed by atoms with Crippen molar-refractivity contribution >= 4 is 11.9 Å². The third-order valence-corrected chi connectivity index (χ3v) is 6.22. The van der Waals surface area contributed by atoms with Crippen molar-refractivity contribution in [2.24, 2.45) is 16.4 Å². The molecule has 2 bridgehead atoms. The third-order valence-electron chi connectivity index (χ3n) is 6.22. The van der Waals surface area contributed by atoms with Crippen LogP contribution in [-0.2, 0) is 9.47 Å². The fraction of sp³-hybridized carbons (Fsp3) is 0.391. The average molecular weight is 405 g/mol. The molecule has 0 amide bonds. The topological polar surface area (TPSA) is 101 Å². The number of esters is 2. The maximum absolute atomic E-state index is 12.7. The maximum Gasteiger partial charge on any atom is 0.338 e. The van der Waals surface area contributed by atoms with Crippen LogP contribution in [0, 0.1) is 11.3 Å². The van der Waals surface area contributed by atoms with Gasteiger partial charge in [-0.05, 0) is 61.4 Å². The van der Waals surface area contributed by atoms with Gasteiger partial charge in [-0.1, -0.05) is 41.5 Å². The molecule has 0 heterocycles. The molecule has 154 valence electrons. The second-order valence-electron chi connectivity index (χ2n) is 8.09. The van der Waals surface area contributed by atoms with Gasteiger partial charge in [0, 0.05) is 16.4 Å². The van der Waals surface area contributed by atoms with Crippen molar-refractivity contribution in [2.75, 3.05) is 6.61 Å². The molecule has 4 rings (SSSR count). The first-order valence-corrected chi connectivity index (χ1v) is 10.1. The van der Waals surface area contributed by atoms with Crippen LogP contribution >= 0.6 is 0 Å². The summed E-state index contributed by atoms with van der Waals surface area (Å²) in [6.07, 6.45) is 2.42. The van der Waals surface area contributed by atoms with E-state index in [2.05, 4.69) is 10.0 Å². The summed E-state index contributed by atoms with van der Waals surface area (Å²) < 4.78 is 11.6. The van der Waals surface area contributed by atoms with Gasteiger partial charge in [0.15, 0.2) is 0 Å². The van der Waals surface area contributed by atoms with Crippen LogP contribution in [0.3, 0.4) is 0 Å². The van der Waals surface area contributed by atoms with E-state index in [0.717, 1.165) is 12.8 Å². The lowest BCUT2D eigenvalue weighted by molar-refractivity contribution is -0.0692. The predicted octanol–water partition coefficient (Wildman–Crippen LogP) is 4.94. The lowest BCUT2D eigenvalue weighted by Crippen LogP contribution is -2.47. The van der Waals surface area contributed by atoms with Crippen molar-refractivity contribution in [3.8, 4) is 0 Å². The first-order chi connectivity index (χ1) is 14.6. The van der Waals surface area contributed by atoms with Gasteiger partial charge in [-0.15, -0.1) is 0 Å². The van der Waals surface area contributed by atoms with E-state index in [0.29, 0.717) is 24.0 Å². The zero-order valence-electron chi connectivity index (χ0n) is 16.5. The molecule has 4 unspecified atom stereocenters. The lowest BCUT2D eigenvalue weighted by atomic mass is 9.71. The quantitative estimate of drug-likeness (QED) is 0.294. The highest BCUT2D eigenvalue weighted by Gasteiger charge is 2.56. The Bertz CT molecular complexity index is 959. The van der Waals surface area contributed by atoms with Gasteiger partial charge in [0.1, 0.15) is 12.7 Å². The van der Waals surface area contributed by atoms with Gasteiger partial charge < -0.3 is 9.47 Å². The third kappa shape index (κ3) is 4.02. The summed E-state index contributed by atoms with van der Waals surface area (Å²) in [5.74, 6) is -0.710. The van der Waals surface area contributed by atoms with E-state index in [9.17, 15) is 9.59 Å². The normalized spacial score (nSPS) is 27.0. The highest BCUT2D eigenvalue weighted by atomic mass is 16.6. The Kier molecular flexibility index (Phi) is 5.72. The molecule has 7 nitrogen and oxygen atoms in total. The summed E-state index contributed by atoms with van der Waals surface area (Å²) >= 11 is 0. The molecule has 2 fully saturated rings. The fourth-order valence-corrected chi connectivity index (χ4v) is 4.85. The zero-order valence-corrected chi connectivity index (χ0v) is 16.5. The molecule has 0 aromatic heterocycles. The average Bonchev–Trinajstić information content (AvgIpc) is 2.98. The van der Waals surface area contributed by atoms with Crippen LogP contribution in [0.2, 0.25) is 0 Å². The number of rotatable bonds is 6. The van der Waals surface area contributed by atoms with Crippen molar-refractivity contribution < 1.29 is 19.1 Å². The molecule has 0 spiro atoms. The number of azide groups is 1. The fourth-order valence-electron chi connectivity index (χ4n) is 4.85. The maximum atomic E-state index is 12.7. The van der Waals surface area contributed by atoms with E-state index in [1.54, 1.807) is 48.5 Å². The number of ether oxygens (including phenoxy) is 2. The van der Waals surface area contributed by atoms with Crippen LogP contribution in [0.1, 0.15) is 46.4 Å². The second-order valence-corrected chi connectivity index (χ2v) is 8.09. The van der Waals surface area contributed by atoms with E-state index >= 15 is 0 Å². The second kappa shape index (κ2) is 8.59. The number of hydrogen-bond donors (Lipinski definition) is 0. The molecule has 0 aliphatic heterocycles. The Labute approximate surface area is 174 Å². The van der Waals surface area contributed by atoms with Crippen molar-refractivity contribution in [1.29, 1.82) is 0 Å². The summed E-state index contributed by atoms with van der Waals surface area (Å²) in [5, 5.41) is 3.93. The number of carbonyl (C=O) groups excluding carboxylic acids is 2. The van der Waals surface area contributed by atoms with Crippen LogP contribution in [-0.4, -0.2) is 30.7 Å². The van der Waals surface area contributed by atoms with E-state index < -0.39 is 11.4 Å². The van der Waals surface area contributed by atoms with E-state index in [-0.39, 0.29) is 30.6 Å². The van der Waals surface area contributed by atoms with Gasteiger partial charge in [-0.2, -0.15) is 0 Å². The predicted molar refractivity (Wildman–Crippen MR) is 110 cm³/mol. The van der Waals surface area contributed by atoms with Crippen molar-refractivity contribution in [2.45, 2.75) is 37.8 Å². The number of benzene rings is 2. The largest absolute Gasteiger partial charge is 0.461 e. The molecule has 2 saturated carbocycles. The van der Waals surface area contributed by atoms with Crippen molar-refractivity contribution in [3.05, 3.63) is 82.2 Å². The van der Waals surface area contributed by atoms with Gasteiger partial charge in [0.2, 0.25) is 0 Å². The molecule has 0 radical (unpaired) electrons. The van der Waals surface area contributed by atoms with Crippen LogP contribution in [0.5, 0.6) is 0 Å². The first kappa shape index (κ1) is 20.0. The molecule has 2 aromatic carbocycles. The SMILES string of the molecule is [N-]=[N+]=NC1CC2CCC(COC(=O)c3ccccc3)(C1)C2OC(=O)c1ccccc1. The molecule has 2 aromatic rings. The number of carbonyl (C=O) groups is 2. The standard InChI is InChI=1S/C23H23N3O4/c24-26-25-19-13-18-11-12-23(14-19,15-29-21(27)16-7-3-1-4-8-16)20(18)30-22(28)17-9-5-2-6-10-17/h1-10,18-20H,11-15H2. The summed E-state index contributed by atoms with van der Waals surface area (Å²) in [6, 6.07) is 17.5. The summed E-state index contributed by atoms with van der Waals surface area (Å²) in [5.41, 5.74) is 9.33. The van der Waals surface area contributed by atoms with Crippen LogP contribution < -0.4 is 0 Å². The number of nitrogens with zero attached hydrogens (tertiary/aromatic N) is 3. The smallest absolute Gasteiger partial charge is 0.338 e. The Balaban J connectivity index is 1.54. The van der Waals surface area contributed by atoms with E-state index in [1.807, 2.05) is 12.1 Å². The number of fused-ring (bicyclic) bond motifs is 2. The highest BCUT2D eigenvalue weighted by molar-refractivity contribution is 5.90. The van der Waals surface area contributed by atoms with Crippen LogP contribution in [0.4, 0.5) is 0 Å². The van der Waals surface area contributed by atoms with E-state index in [1.165, 1.54) is 0 Å². The molecule has 30 heavy (non-hydrogen) atoms. The van der Waals surface area contributed by atoms with Crippen molar-refractivity contribution in [3.63, 3.8) is 0 Å². The molecule has 0 saturated heterocycles. The molecule has 2 aliphatic rings. The minimum absolute atomic E-state index is 0.0809. The molecule has 7 heteroatoms.